The first-order chi connectivity index (χ1) is 5.64. The zero-order valence-electron chi connectivity index (χ0n) is 6.93. The molecule has 1 N–H and O–H groups in total. The van der Waals surface area contributed by atoms with Crippen LogP contribution in [0.3, 0.4) is 0 Å². The van der Waals surface area contributed by atoms with Gasteiger partial charge >= 0.3 is 0 Å². The lowest BCUT2D eigenvalue weighted by Crippen LogP contribution is -2.27. The summed E-state index contributed by atoms with van der Waals surface area (Å²) in [6, 6.07) is 0. The lowest BCUT2D eigenvalue weighted by atomic mass is 9.98. The molecule has 1 rings (SSSR count). The number of hydrogen-bond donors (Lipinski definition) is 1. The highest BCUT2D eigenvalue weighted by Gasteiger charge is 2.32. The maximum Gasteiger partial charge on any atom is 0.271 e. The molecule has 4 heteroatoms. The second-order valence-electron chi connectivity index (χ2n) is 3.30. The van der Waals surface area contributed by atoms with Gasteiger partial charge in [0.2, 0.25) is 0 Å². The largest absolute Gasteiger partial charge is 0.390 e. The van der Waals surface area contributed by atoms with E-state index in [-0.39, 0.29) is 12.3 Å². The van der Waals surface area contributed by atoms with Gasteiger partial charge in [-0.15, -0.1) is 0 Å². The van der Waals surface area contributed by atoms with Crippen LogP contribution in [0.2, 0.25) is 0 Å². The van der Waals surface area contributed by atoms with Crippen molar-refractivity contribution >= 4 is 11.8 Å². The van der Waals surface area contributed by atoms with Crippen LogP contribution in [0.25, 0.3) is 0 Å². The van der Waals surface area contributed by atoms with Gasteiger partial charge in [-0.2, -0.15) is 11.8 Å². The third-order valence-electron chi connectivity index (χ3n) is 2.07. The van der Waals surface area contributed by atoms with Crippen molar-refractivity contribution in [2.75, 3.05) is 18.1 Å². The Labute approximate surface area is 75.5 Å². The van der Waals surface area contributed by atoms with Crippen LogP contribution in [0.4, 0.5) is 8.78 Å². The lowest BCUT2D eigenvalue weighted by Gasteiger charge is -2.24. The molecule has 0 saturated carbocycles. The number of aliphatic hydroxyl groups is 1. The predicted octanol–water partition coefficient (Wildman–Crippen LogP) is 2.15. The zero-order valence-corrected chi connectivity index (χ0v) is 7.75. The van der Waals surface area contributed by atoms with Gasteiger partial charge in [-0.05, 0) is 30.3 Å². The fraction of sp³-hybridized carbons (Fsp3) is 1.00. The summed E-state index contributed by atoms with van der Waals surface area (Å²) in [5, 5.41) is 8.37. The molecule has 0 bridgehead atoms. The maximum absolute atomic E-state index is 12.7. The Kier molecular flexibility index (Phi) is 3.77. The molecule has 0 aromatic rings. The van der Waals surface area contributed by atoms with Gasteiger partial charge in [0.25, 0.3) is 5.92 Å². The monoisotopic (exact) mass is 196 g/mol. The number of rotatable bonds is 3. The first kappa shape index (κ1) is 10.3. The normalized spacial score (nSPS) is 25.8. The fourth-order valence-electron chi connectivity index (χ4n) is 1.46. The average molecular weight is 196 g/mol. The first-order valence-electron chi connectivity index (χ1n) is 4.20. The minimum atomic E-state index is -2.86. The third kappa shape index (κ3) is 3.27. The van der Waals surface area contributed by atoms with Crippen molar-refractivity contribution < 1.29 is 13.9 Å². The van der Waals surface area contributed by atoms with Gasteiger partial charge in [-0.1, -0.05) is 0 Å². The van der Waals surface area contributed by atoms with Crippen LogP contribution >= 0.6 is 11.8 Å². The van der Waals surface area contributed by atoms with E-state index in [2.05, 4.69) is 0 Å². The number of thioether (sulfide) groups is 1. The molecule has 0 aliphatic carbocycles. The second-order valence-corrected chi connectivity index (χ2v) is 4.45. The van der Waals surface area contributed by atoms with E-state index in [9.17, 15) is 8.78 Å². The molecule has 1 unspecified atom stereocenters. The summed E-state index contributed by atoms with van der Waals surface area (Å²) in [6.45, 7) is -1.01. The number of hydrogen-bond acceptors (Lipinski definition) is 2. The van der Waals surface area contributed by atoms with Gasteiger partial charge in [-0.25, -0.2) is 8.78 Å². The van der Waals surface area contributed by atoms with Crippen molar-refractivity contribution in [2.24, 2.45) is 5.92 Å². The molecule has 0 amide bonds. The molecular formula is C8H14F2OS. The molecule has 0 aromatic carbocycles. The highest BCUT2D eigenvalue weighted by atomic mass is 32.2. The van der Waals surface area contributed by atoms with E-state index in [4.69, 9.17) is 5.11 Å². The molecule has 1 aliphatic heterocycles. The Balaban J connectivity index is 2.28. The van der Waals surface area contributed by atoms with Crippen molar-refractivity contribution in [3.63, 3.8) is 0 Å². The molecule has 1 nitrogen and oxygen atoms in total. The number of halogens is 2. The lowest BCUT2D eigenvalue weighted by molar-refractivity contribution is -0.0666. The molecule has 0 radical (unpaired) electrons. The van der Waals surface area contributed by atoms with Gasteiger partial charge < -0.3 is 5.11 Å². The molecular weight excluding hydrogens is 182 g/mol. The van der Waals surface area contributed by atoms with E-state index in [1.165, 1.54) is 0 Å². The van der Waals surface area contributed by atoms with Crippen LogP contribution in [0, 0.1) is 5.92 Å². The minimum absolute atomic E-state index is 0.103. The van der Waals surface area contributed by atoms with E-state index < -0.39 is 12.5 Å². The zero-order chi connectivity index (χ0) is 9.03. The molecule has 0 aromatic heterocycles. The van der Waals surface area contributed by atoms with Crippen LogP contribution in [0.5, 0.6) is 0 Å². The third-order valence-corrected chi connectivity index (χ3v) is 3.36. The maximum atomic E-state index is 12.7. The molecule has 12 heavy (non-hydrogen) atoms. The quantitative estimate of drug-likeness (QED) is 0.746. The van der Waals surface area contributed by atoms with Crippen molar-refractivity contribution in [3.05, 3.63) is 0 Å². The molecule has 1 fully saturated rings. The standard InChI is InChI=1S/C8H14F2OS/c9-8(10,6-11)4-7-2-1-3-12-5-7/h7,11H,1-6H2. The SMILES string of the molecule is OCC(F)(F)CC1CCCSC1. The Morgan fingerprint density at radius 3 is 2.75 bits per heavy atom. The first-order valence-corrected chi connectivity index (χ1v) is 5.36. The van der Waals surface area contributed by atoms with Gasteiger partial charge in [0, 0.05) is 6.42 Å². The van der Waals surface area contributed by atoms with Crippen LogP contribution in [-0.4, -0.2) is 29.1 Å². The van der Waals surface area contributed by atoms with E-state index in [0.29, 0.717) is 0 Å². The van der Waals surface area contributed by atoms with Crippen LogP contribution in [-0.2, 0) is 0 Å². The Morgan fingerprint density at radius 1 is 1.50 bits per heavy atom. The van der Waals surface area contributed by atoms with Gasteiger partial charge in [0.05, 0.1) is 0 Å². The Hall–Kier alpha value is 0.170. The molecule has 72 valence electrons. The summed E-state index contributed by atoms with van der Waals surface area (Å²) in [7, 11) is 0. The van der Waals surface area contributed by atoms with E-state index in [0.717, 1.165) is 24.3 Å². The van der Waals surface area contributed by atoms with E-state index in [1.807, 2.05) is 0 Å². The topological polar surface area (TPSA) is 20.2 Å². The van der Waals surface area contributed by atoms with Crippen LogP contribution < -0.4 is 0 Å². The van der Waals surface area contributed by atoms with Crippen molar-refractivity contribution in [1.82, 2.24) is 0 Å². The smallest absolute Gasteiger partial charge is 0.271 e. The van der Waals surface area contributed by atoms with Crippen LogP contribution in [0.15, 0.2) is 0 Å². The summed E-state index contributed by atoms with van der Waals surface area (Å²) < 4.78 is 25.4. The molecule has 1 atom stereocenters. The molecule has 0 spiro atoms. The number of aliphatic hydroxyl groups excluding tert-OH is 1. The Morgan fingerprint density at radius 2 is 2.25 bits per heavy atom. The average Bonchev–Trinajstić information content (AvgIpc) is 2.06. The second kappa shape index (κ2) is 4.42. The highest BCUT2D eigenvalue weighted by Crippen LogP contribution is 2.31. The summed E-state index contributed by atoms with van der Waals surface area (Å²) in [5.74, 6) is -0.829. The summed E-state index contributed by atoms with van der Waals surface area (Å²) in [5.41, 5.74) is 0. The summed E-state index contributed by atoms with van der Waals surface area (Å²) in [6.07, 6.45) is 1.79. The van der Waals surface area contributed by atoms with Crippen molar-refractivity contribution in [2.45, 2.75) is 25.2 Å². The molecule has 1 aliphatic rings. The van der Waals surface area contributed by atoms with Crippen molar-refractivity contribution in [3.8, 4) is 0 Å². The highest BCUT2D eigenvalue weighted by molar-refractivity contribution is 7.99. The van der Waals surface area contributed by atoms with E-state index >= 15 is 0 Å². The summed E-state index contributed by atoms with van der Waals surface area (Å²) in [4.78, 5) is 0. The van der Waals surface area contributed by atoms with Gasteiger partial charge in [0.1, 0.15) is 6.61 Å². The molecule has 1 heterocycles. The Bertz CT molecular complexity index is 135. The van der Waals surface area contributed by atoms with Gasteiger partial charge in [-0.3, -0.25) is 0 Å². The molecule has 1 saturated heterocycles. The number of alkyl halides is 2. The van der Waals surface area contributed by atoms with Crippen LogP contribution in [0.1, 0.15) is 19.3 Å². The summed E-state index contributed by atoms with van der Waals surface area (Å²) >= 11 is 1.74. The van der Waals surface area contributed by atoms with Gasteiger partial charge in [0.15, 0.2) is 0 Å². The minimum Gasteiger partial charge on any atom is -0.390 e. The fourth-order valence-corrected chi connectivity index (χ4v) is 2.61. The van der Waals surface area contributed by atoms with E-state index in [1.54, 1.807) is 11.8 Å². The van der Waals surface area contributed by atoms with Crippen molar-refractivity contribution in [1.29, 1.82) is 0 Å². The predicted molar refractivity (Wildman–Crippen MR) is 46.7 cm³/mol.